The van der Waals surface area contributed by atoms with Crippen molar-refractivity contribution in [3.05, 3.63) is 64.2 Å². The number of piperidine rings is 1. The number of likely N-dealkylation sites (tertiary alicyclic amines) is 1. The van der Waals surface area contributed by atoms with Crippen LogP contribution < -0.4 is 10.6 Å². The van der Waals surface area contributed by atoms with E-state index in [4.69, 9.17) is 11.6 Å². The molecule has 2 aromatic rings. The molecule has 0 aromatic heterocycles. The first kappa shape index (κ1) is 19.1. The van der Waals surface area contributed by atoms with Crippen molar-refractivity contribution in [2.24, 2.45) is 0 Å². The van der Waals surface area contributed by atoms with Crippen LogP contribution in [0.1, 0.15) is 34.3 Å². The van der Waals surface area contributed by atoms with Crippen molar-refractivity contribution in [2.75, 3.05) is 18.4 Å². The molecule has 0 radical (unpaired) electrons. The lowest BCUT2D eigenvalue weighted by molar-refractivity contribution is -0.138. The number of alkyl halides is 3. The van der Waals surface area contributed by atoms with E-state index in [9.17, 15) is 18.0 Å². The van der Waals surface area contributed by atoms with Crippen LogP contribution in [0.3, 0.4) is 0 Å². The van der Waals surface area contributed by atoms with E-state index >= 15 is 0 Å². The monoisotopic (exact) mass is 409 g/mol. The van der Waals surface area contributed by atoms with Gasteiger partial charge in [-0.2, -0.15) is 13.2 Å². The van der Waals surface area contributed by atoms with E-state index in [1.54, 1.807) is 18.2 Å². The Morgan fingerprint density at radius 2 is 1.75 bits per heavy atom. The molecule has 2 heterocycles. The number of nitrogens with zero attached hydrogens (tertiary/aromatic N) is 1. The second-order valence-corrected chi connectivity index (χ2v) is 7.66. The van der Waals surface area contributed by atoms with Gasteiger partial charge >= 0.3 is 6.18 Å². The number of benzene rings is 2. The van der Waals surface area contributed by atoms with Crippen LogP contribution in [0.2, 0.25) is 5.02 Å². The lowest BCUT2D eigenvalue weighted by Gasteiger charge is -2.46. The standard InChI is InChI=1S/C20H19ClF3N3O/c21-15-6-3-7-16-17(15)18(28)26-19(25-16)8-10-27(11-9-19)12-13-4-1-2-5-14(13)20(22,23)24/h1-7,25H,8-12H2,(H,26,28). The number of carbonyl (C=O) groups excluding carboxylic acids is 1. The van der Waals surface area contributed by atoms with Crippen LogP contribution in [0.4, 0.5) is 18.9 Å². The number of hydrogen-bond acceptors (Lipinski definition) is 3. The third-order valence-electron chi connectivity index (χ3n) is 5.39. The van der Waals surface area contributed by atoms with Gasteiger partial charge in [0.1, 0.15) is 5.66 Å². The third kappa shape index (κ3) is 3.56. The van der Waals surface area contributed by atoms with Gasteiger partial charge in [0.05, 0.1) is 21.8 Å². The fraction of sp³-hybridized carbons (Fsp3) is 0.350. The molecule has 1 amide bonds. The summed E-state index contributed by atoms with van der Waals surface area (Å²) in [5, 5.41) is 6.78. The Bertz CT molecular complexity index is 908. The van der Waals surface area contributed by atoms with E-state index < -0.39 is 17.4 Å². The van der Waals surface area contributed by atoms with Gasteiger partial charge in [-0.3, -0.25) is 9.69 Å². The van der Waals surface area contributed by atoms with Gasteiger partial charge in [0, 0.05) is 32.5 Å². The number of amides is 1. The van der Waals surface area contributed by atoms with Gasteiger partial charge in [-0.15, -0.1) is 0 Å². The molecule has 148 valence electrons. The largest absolute Gasteiger partial charge is 0.416 e. The van der Waals surface area contributed by atoms with E-state index in [1.807, 2.05) is 11.0 Å². The Morgan fingerprint density at radius 1 is 1.04 bits per heavy atom. The molecular formula is C20H19ClF3N3O. The normalized spacial score (nSPS) is 19.1. The molecule has 2 aliphatic rings. The van der Waals surface area contributed by atoms with Crippen LogP contribution >= 0.6 is 11.6 Å². The molecule has 0 unspecified atom stereocenters. The zero-order valence-corrected chi connectivity index (χ0v) is 15.7. The van der Waals surface area contributed by atoms with Gasteiger partial charge in [0.15, 0.2) is 0 Å². The zero-order valence-electron chi connectivity index (χ0n) is 14.9. The van der Waals surface area contributed by atoms with Crippen molar-refractivity contribution in [1.82, 2.24) is 10.2 Å². The van der Waals surface area contributed by atoms with Crippen LogP contribution in [-0.4, -0.2) is 29.6 Å². The maximum Gasteiger partial charge on any atom is 0.416 e. The van der Waals surface area contributed by atoms with Crippen molar-refractivity contribution in [1.29, 1.82) is 0 Å². The van der Waals surface area contributed by atoms with Gasteiger partial charge in [-0.05, 0) is 23.8 Å². The Morgan fingerprint density at radius 3 is 2.46 bits per heavy atom. The molecule has 0 saturated carbocycles. The predicted octanol–water partition coefficient (Wildman–Crippen LogP) is 4.51. The summed E-state index contributed by atoms with van der Waals surface area (Å²) in [6.45, 7) is 1.35. The van der Waals surface area contributed by atoms with Gasteiger partial charge in [0.2, 0.25) is 0 Å². The third-order valence-corrected chi connectivity index (χ3v) is 5.71. The second-order valence-electron chi connectivity index (χ2n) is 7.25. The van der Waals surface area contributed by atoms with Crippen molar-refractivity contribution < 1.29 is 18.0 Å². The molecule has 28 heavy (non-hydrogen) atoms. The average molecular weight is 410 g/mol. The van der Waals surface area contributed by atoms with Crippen LogP contribution in [0, 0.1) is 0 Å². The van der Waals surface area contributed by atoms with Gasteiger partial charge in [-0.1, -0.05) is 35.9 Å². The summed E-state index contributed by atoms with van der Waals surface area (Å²) < 4.78 is 39.7. The summed E-state index contributed by atoms with van der Waals surface area (Å²) in [6.07, 6.45) is -3.20. The summed E-state index contributed by atoms with van der Waals surface area (Å²) >= 11 is 6.13. The molecule has 0 atom stereocenters. The number of hydrogen-bond donors (Lipinski definition) is 2. The van der Waals surface area contributed by atoms with Crippen LogP contribution in [0.25, 0.3) is 0 Å². The Hall–Kier alpha value is -2.25. The highest BCUT2D eigenvalue weighted by Crippen LogP contribution is 2.36. The SMILES string of the molecule is O=C1NC2(CCN(Cc3ccccc3C(F)(F)F)CC2)Nc2cccc(Cl)c21. The molecule has 2 N–H and O–H groups in total. The molecule has 1 saturated heterocycles. The Labute approximate surface area is 165 Å². The van der Waals surface area contributed by atoms with Gasteiger partial charge in [0.25, 0.3) is 5.91 Å². The molecule has 2 aliphatic heterocycles. The number of fused-ring (bicyclic) bond motifs is 1. The number of halogens is 4. The Balaban J connectivity index is 1.47. The highest BCUT2D eigenvalue weighted by Gasteiger charge is 2.41. The molecule has 1 fully saturated rings. The summed E-state index contributed by atoms with van der Waals surface area (Å²) in [4.78, 5) is 14.5. The zero-order chi connectivity index (χ0) is 19.9. The van der Waals surface area contributed by atoms with E-state index in [-0.39, 0.29) is 18.0 Å². The fourth-order valence-electron chi connectivity index (χ4n) is 3.95. The topological polar surface area (TPSA) is 44.4 Å². The second kappa shape index (κ2) is 6.97. The average Bonchev–Trinajstić information content (AvgIpc) is 2.63. The van der Waals surface area contributed by atoms with Crippen LogP contribution in [0.15, 0.2) is 42.5 Å². The highest BCUT2D eigenvalue weighted by molar-refractivity contribution is 6.34. The summed E-state index contributed by atoms with van der Waals surface area (Å²) in [6, 6.07) is 10.9. The van der Waals surface area contributed by atoms with Crippen molar-refractivity contribution in [2.45, 2.75) is 31.2 Å². The van der Waals surface area contributed by atoms with E-state index in [0.29, 0.717) is 42.2 Å². The van der Waals surface area contributed by atoms with E-state index in [1.165, 1.54) is 12.1 Å². The van der Waals surface area contributed by atoms with Gasteiger partial charge < -0.3 is 10.6 Å². The molecule has 8 heteroatoms. The number of rotatable bonds is 2. The van der Waals surface area contributed by atoms with Crippen LogP contribution in [-0.2, 0) is 12.7 Å². The van der Waals surface area contributed by atoms with Crippen LogP contribution in [0.5, 0.6) is 0 Å². The molecule has 1 spiro atoms. The lowest BCUT2D eigenvalue weighted by atomic mass is 9.92. The highest BCUT2D eigenvalue weighted by atomic mass is 35.5. The minimum Gasteiger partial charge on any atom is -0.362 e. The molecule has 2 aromatic carbocycles. The molecule has 0 aliphatic carbocycles. The molecular weight excluding hydrogens is 391 g/mol. The van der Waals surface area contributed by atoms with Crippen molar-refractivity contribution in [3.8, 4) is 0 Å². The minimum atomic E-state index is -4.37. The van der Waals surface area contributed by atoms with E-state index in [2.05, 4.69) is 10.6 Å². The number of nitrogens with one attached hydrogen (secondary N) is 2. The molecule has 4 nitrogen and oxygen atoms in total. The van der Waals surface area contributed by atoms with Crippen molar-refractivity contribution >= 4 is 23.2 Å². The minimum absolute atomic E-state index is 0.224. The summed E-state index contributed by atoms with van der Waals surface area (Å²) in [5.41, 5.74) is 0.185. The Kier molecular flexibility index (Phi) is 4.75. The van der Waals surface area contributed by atoms with Gasteiger partial charge in [-0.25, -0.2) is 0 Å². The molecule has 4 rings (SSSR count). The first-order valence-corrected chi connectivity index (χ1v) is 9.42. The first-order valence-electron chi connectivity index (χ1n) is 9.04. The predicted molar refractivity (Wildman–Crippen MR) is 101 cm³/mol. The smallest absolute Gasteiger partial charge is 0.362 e. The fourth-order valence-corrected chi connectivity index (χ4v) is 4.21. The first-order chi connectivity index (χ1) is 13.3. The number of anilines is 1. The number of carbonyl (C=O) groups is 1. The quantitative estimate of drug-likeness (QED) is 0.767. The van der Waals surface area contributed by atoms with E-state index in [0.717, 1.165) is 6.07 Å². The maximum absolute atomic E-state index is 13.2. The lowest BCUT2D eigenvalue weighted by Crippen LogP contribution is -2.62. The molecule has 0 bridgehead atoms. The summed E-state index contributed by atoms with van der Waals surface area (Å²) in [7, 11) is 0. The maximum atomic E-state index is 13.2. The summed E-state index contributed by atoms with van der Waals surface area (Å²) in [5.74, 6) is -0.227. The van der Waals surface area contributed by atoms with Crippen molar-refractivity contribution in [3.63, 3.8) is 0 Å².